The number of H-pyrrole nitrogens is 1. The number of hydrogen-bond acceptors (Lipinski definition) is 6. The average Bonchev–Trinajstić information content (AvgIpc) is 3.30. The fraction of sp³-hybridized carbons (Fsp3) is 0.318. The number of nitro benzene ring substituents is 1. The summed E-state index contributed by atoms with van der Waals surface area (Å²) >= 11 is 0. The molecule has 2 aromatic carbocycles. The molecule has 10 heteroatoms. The second kappa shape index (κ2) is 8.62. The lowest BCUT2D eigenvalue weighted by atomic mass is 9.95. The van der Waals surface area contributed by atoms with Crippen LogP contribution in [-0.4, -0.2) is 36.4 Å². The van der Waals surface area contributed by atoms with Gasteiger partial charge >= 0.3 is 0 Å². The lowest BCUT2D eigenvalue weighted by molar-refractivity contribution is -0.384. The number of anilines is 2. The molecule has 1 aliphatic heterocycles. The standard InChI is InChI=1S/C22H25N5O4S/c1-15-3-5-19(16(2)13-15)25-32(30,31)18-4-6-20(21(14-18)27(28)29)26-11-7-17(8-12-26)22-23-9-10-24-22/h3-6,9-10,13-14,17,25H,7-8,11-12H2,1-2H3,(H,23,24). The normalized spacial score (nSPS) is 15.0. The van der Waals surface area contributed by atoms with Crippen LogP contribution in [0.5, 0.6) is 0 Å². The maximum atomic E-state index is 12.9. The highest BCUT2D eigenvalue weighted by atomic mass is 32.2. The van der Waals surface area contributed by atoms with E-state index in [9.17, 15) is 18.5 Å². The Morgan fingerprint density at radius 1 is 1.16 bits per heavy atom. The SMILES string of the molecule is Cc1ccc(NS(=O)(=O)c2ccc(N3CCC(c4ncc[nH]4)CC3)c([N+](=O)[O-])c2)c(C)c1. The molecule has 9 nitrogen and oxygen atoms in total. The van der Waals surface area contributed by atoms with Crippen LogP contribution < -0.4 is 9.62 Å². The van der Waals surface area contributed by atoms with Crippen LogP contribution in [0.2, 0.25) is 0 Å². The Morgan fingerprint density at radius 2 is 1.91 bits per heavy atom. The molecule has 1 aromatic heterocycles. The second-order valence-electron chi connectivity index (χ2n) is 8.07. The lowest BCUT2D eigenvalue weighted by Gasteiger charge is -2.32. The zero-order valence-corrected chi connectivity index (χ0v) is 18.7. The van der Waals surface area contributed by atoms with Crippen molar-refractivity contribution in [2.45, 2.75) is 37.5 Å². The number of nitro groups is 1. The number of nitrogens with zero attached hydrogens (tertiary/aromatic N) is 3. The smallest absolute Gasteiger partial charge is 0.293 e. The first-order valence-corrected chi connectivity index (χ1v) is 11.9. The molecule has 0 bridgehead atoms. The molecule has 0 saturated carbocycles. The van der Waals surface area contributed by atoms with Crippen molar-refractivity contribution in [1.82, 2.24) is 9.97 Å². The summed E-state index contributed by atoms with van der Waals surface area (Å²) in [6.45, 7) is 4.98. The molecule has 0 atom stereocenters. The van der Waals surface area contributed by atoms with Crippen LogP contribution in [0.15, 0.2) is 53.7 Å². The van der Waals surface area contributed by atoms with E-state index < -0.39 is 14.9 Å². The molecular weight excluding hydrogens is 430 g/mol. The van der Waals surface area contributed by atoms with E-state index >= 15 is 0 Å². The summed E-state index contributed by atoms with van der Waals surface area (Å²) < 4.78 is 28.4. The molecule has 3 aromatic rings. The van der Waals surface area contributed by atoms with E-state index in [4.69, 9.17) is 0 Å². The quantitative estimate of drug-likeness (QED) is 0.426. The molecule has 0 radical (unpaired) electrons. The van der Waals surface area contributed by atoms with Gasteiger partial charge in [0.15, 0.2) is 0 Å². The Labute approximate surface area is 186 Å². The van der Waals surface area contributed by atoms with Crippen molar-refractivity contribution in [1.29, 1.82) is 0 Å². The number of benzene rings is 2. The topological polar surface area (TPSA) is 121 Å². The fourth-order valence-corrected chi connectivity index (χ4v) is 5.26. The molecule has 0 spiro atoms. The van der Waals surface area contributed by atoms with Crippen molar-refractivity contribution < 1.29 is 13.3 Å². The van der Waals surface area contributed by atoms with E-state index in [1.54, 1.807) is 18.5 Å². The van der Waals surface area contributed by atoms with E-state index in [1.165, 1.54) is 12.1 Å². The summed E-state index contributed by atoms with van der Waals surface area (Å²) in [5.41, 5.74) is 2.45. The van der Waals surface area contributed by atoms with Gasteiger partial charge in [0.25, 0.3) is 15.7 Å². The first kappa shape index (κ1) is 21.8. The van der Waals surface area contributed by atoms with Gasteiger partial charge in [-0.15, -0.1) is 0 Å². The molecule has 0 aliphatic carbocycles. The third-order valence-corrected chi connectivity index (χ3v) is 7.19. The number of sulfonamides is 1. The highest BCUT2D eigenvalue weighted by molar-refractivity contribution is 7.92. The highest BCUT2D eigenvalue weighted by Gasteiger charge is 2.28. The molecule has 32 heavy (non-hydrogen) atoms. The molecule has 2 heterocycles. The minimum atomic E-state index is -3.98. The van der Waals surface area contributed by atoms with E-state index in [1.807, 2.05) is 30.9 Å². The molecule has 2 N–H and O–H groups in total. The second-order valence-corrected chi connectivity index (χ2v) is 9.75. The fourth-order valence-electron chi connectivity index (χ4n) is 4.11. The molecule has 168 valence electrons. The van der Waals surface area contributed by atoms with Gasteiger partial charge in [-0.1, -0.05) is 17.7 Å². The Kier molecular flexibility index (Phi) is 5.88. The summed E-state index contributed by atoms with van der Waals surface area (Å²) in [6, 6.07) is 9.46. The van der Waals surface area contributed by atoms with Gasteiger partial charge in [-0.2, -0.15) is 0 Å². The van der Waals surface area contributed by atoms with Gasteiger partial charge in [0.1, 0.15) is 11.5 Å². The van der Waals surface area contributed by atoms with E-state index in [0.29, 0.717) is 24.5 Å². The molecule has 0 amide bonds. The minimum Gasteiger partial charge on any atom is -0.366 e. The van der Waals surface area contributed by atoms with E-state index in [-0.39, 0.29) is 16.5 Å². The predicted molar refractivity (Wildman–Crippen MR) is 123 cm³/mol. The van der Waals surface area contributed by atoms with Crippen molar-refractivity contribution in [2.75, 3.05) is 22.7 Å². The minimum absolute atomic E-state index is 0.140. The molecule has 1 aliphatic rings. The average molecular weight is 456 g/mol. The number of aromatic nitrogens is 2. The maximum Gasteiger partial charge on any atom is 0.293 e. The molecular formula is C22H25N5O4S. The van der Waals surface area contributed by atoms with Gasteiger partial charge in [0.2, 0.25) is 0 Å². The Hall–Kier alpha value is -3.40. The number of hydrogen-bond donors (Lipinski definition) is 2. The highest BCUT2D eigenvalue weighted by Crippen LogP contribution is 2.35. The summed E-state index contributed by atoms with van der Waals surface area (Å²) in [5, 5.41) is 11.8. The van der Waals surface area contributed by atoms with Crippen molar-refractivity contribution >= 4 is 27.1 Å². The van der Waals surface area contributed by atoms with Crippen molar-refractivity contribution in [2.24, 2.45) is 0 Å². The summed E-state index contributed by atoms with van der Waals surface area (Å²) in [5.74, 6) is 1.21. The van der Waals surface area contributed by atoms with Gasteiger partial charge in [-0.25, -0.2) is 13.4 Å². The van der Waals surface area contributed by atoms with Crippen molar-refractivity contribution in [3.05, 3.63) is 75.9 Å². The lowest BCUT2D eigenvalue weighted by Crippen LogP contribution is -2.33. The molecule has 0 unspecified atom stereocenters. The first-order valence-electron chi connectivity index (χ1n) is 10.4. The molecule has 1 fully saturated rings. The van der Waals surface area contributed by atoms with Crippen molar-refractivity contribution in [3.63, 3.8) is 0 Å². The maximum absolute atomic E-state index is 12.9. The van der Waals surface area contributed by atoms with E-state index in [0.717, 1.165) is 35.9 Å². The van der Waals surface area contributed by atoms with Crippen LogP contribution in [0, 0.1) is 24.0 Å². The van der Waals surface area contributed by atoms with Crippen LogP contribution in [0.25, 0.3) is 0 Å². The van der Waals surface area contributed by atoms with Crippen LogP contribution >= 0.6 is 0 Å². The largest absolute Gasteiger partial charge is 0.366 e. The Bertz CT molecular complexity index is 1230. The van der Waals surface area contributed by atoms with Crippen molar-refractivity contribution in [3.8, 4) is 0 Å². The van der Waals surface area contributed by atoms with Gasteiger partial charge in [0, 0.05) is 37.5 Å². The van der Waals surface area contributed by atoms with Crippen LogP contribution in [0.4, 0.5) is 17.1 Å². The monoisotopic (exact) mass is 455 g/mol. The van der Waals surface area contributed by atoms with Crippen LogP contribution in [-0.2, 0) is 10.0 Å². The van der Waals surface area contributed by atoms with E-state index in [2.05, 4.69) is 14.7 Å². The van der Waals surface area contributed by atoms with Gasteiger partial charge in [-0.3, -0.25) is 14.8 Å². The Morgan fingerprint density at radius 3 is 2.53 bits per heavy atom. The molecule has 4 rings (SSSR count). The predicted octanol–water partition coefficient (Wildman–Crippen LogP) is 4.12. The van der Waals surface area contributed by atoms with Crippen LogP contribution in [0.3, 0.4) is 0 Å². The van der Waals surface area contributed by atoms with Gasteiger partial charge in [-0.05, 0) is 50.5 Å². The number of piperidine rings is 1. The molecule has 1 saturated heterocycles. The summed E-state index contributed by atoms with van der Waals surface area (Å²) in [4.78, 5) is 20.5. The zero-order chi connectivity index (χ0) is 22.9. The third-order valence-electron chi connectivity index (χ3n) is 5.82. The summed E-state index contributed by atoms with van der Waals surface area (Å²) in [7, 11) is -3.98. The third kappa shape index (κ3) is 4.45. The number of nitrogens with one attached hydrogen (secondary N) is 2. The zero-order valence-electron chi connectivity index (χ0n) is 17.9. The number of aromatic amines is 1. The van der Waals surface area contributed by atoms with Gasteiger partial charge in [0.05, 0.1) is 15.5 Å². The number of rotatable bonds is 6. The number of imidazole rings is 1. The van der Waals surface area contributed by atoms with Crippen LogP contribution in [0.1, 0.15) is 35.7 Å². The Balaban J connectivity index is 1.57. The first-order chi connectivity index (χ1) is 15.2. The number of aryl methyl sites for hydroxylation is 2. The van der Waals surface area contributed by atoms with Gasteiger partial charge < -0.3 is 9.88 Å². The summed E-state index contributed by atoms with van der Waals surface area (Å²) in [6.07, 6.45) is 5.12.